The lowest BCUT2D eigenvalue weighted by Gasteiger charge is -2.25. The molecule has 1 aliphatic rings. The number of hydrogen-bond acceptors (Lipinski definition) is 2. The van der Waals surface area contributed by atoms with Crippen molar-refractivity contribution >= 4 is 0 Å². The number of hydrogen-bond donors (Lipinski definition) is 1. The molecule has 1 aliphatic carbocycles. The summed E-state index contributed by atoms with van der Waals surface area (Å²) in [5, 5.41) is 0. The van der Waals surface area contributed by atoms with Crippen LogP contribution >= 0.6 is 0 Å². The van der Waals surface area contributed by atoms with E-state index in [0.29, 0.717) is 5.92 Å². The Hall–Kier alpha value is -1.02. The van der Waals surface area contributed by atoms with Crippen LogP contribution in [0.1, 0.15) is 63.6 Å². The predicted octanol–water partition coefficient (Wildman–Crippen LogP) is 4.18. The van der Waals surface area contributed by atoms with Crippen LogP contribution in [0, 0.1) is 5.92 Å². The van der Waals surface area contributed by atoms with E-state index in [4.69, 9.17) is 10.5 Å². The summed E-state index contributed by atoms with van der Waals surface area (Å²) >= 11 is 0. The molecule has 0 aromatic heterocycles. The first kappa shape index (κ1) is 14.4. The largest absolute Gasteiger partial charge is 0.496 e. The molecule has 1 aromatic carbocycles. The summed E-state index contributed by atoms with van der Waals surface area (Å²) in [5.74, 6) is 1.55. The van der Waals surface area contributed by atoms with E-state index in [-0.39, 0.29) is 11.5 Å². The predicted molar refractivity (Wildman–Crippen MR) is 80.6 cm³/mol. The highest BCUT2D eigenvalue weighted by Gasteiger charge is 2.26. The average Bonchev–Trinajstić information content (AvgIpc) is 2.90. The van der Waals surface area contributed by atoms with Gasteiger partial charge in [-0.15, -0.1) is 0 Å². The summed E-state index contributed by atoms with van der Waals surface area (Å²) in [6.45, 7) is 6.71. The third-order valence-corrected chi connectivity index (χ3v) is 4.36. The Kier molecular flexibility index (Phi) is 4.19. The molecule has 0 heterocycles. The molecule has 1 fully saturated rings. The second kappa shape index (κ2) is 5.54. The van der Waals surface area contributed by atoms with Crippen LogP contribution in [0.5, 0.6) is 5.75 Å². The fourth-order valence-corrected chi connectivity index (χ4v) is 3.03. The van der Waals surface area contributed by atoms with Crippen LogP contribution in [0.2, 0.25) is 0 Å². The maximum Gasteiger partial charge on any atom is 0.123 e. The fourth-order valence-electron chi connectivity index (χ4n) is 3.03. The van der Waals surface area contributed by atoms with Crippen molar-refractivity contribution in [3.8, 4) is 5.75 Å². The van der Waals surface area contributed by atoms with E-state index in [1.165, 1.54) is 36.8 Å². The SMILES string of the molecule is COc1ccc(C(C)(C)C)cc1C(N)C1CCCC1. The van der Waals surface area contributed by atoms with Gasteiger partial charge in [-0.3, -0.25) is 0 Å². The monoisotopic (exact) mass is 261 g/mol. The summed E-state index contributed by atoms with van der Waals surface area (Å²) < 4.78 is 5.51. The van der Waals surface area contributed by atoms with Crippen LogP contribution in [0.25, 0.3) is 0 Å². The Morgan fingerprint density at radius 2 is 1.84 bits per heavy atom. The first-order valence-corrected chi connectivity index (χ1v) is 7.37. The molecule has 1 aromatic rings. The van der Waals surface area contributed by atoms with Gasteiger partial charge < -0.3 is 10.5 Å². The van der Waals surface area contributed by atoms with Crippen molar-refractivity contribution < 1.29 is 4.74 Å². The fraction of sp³-hybridized carbons (Fsp3) is 0.647. The minimum atomic E-state index is 0.111. The maximum absolute atomic E-state index is 6.51. The third-order valence-electron chi connectivity index (χ3n) is 4.36. The van der Waals surface area contributed by atoms with Gasteiger partial charge in [0.15, 0.2) is 0 Å². The van der Waals surface area contributed by atoms with E-state index in [0.717, 1.165) is 5.75 Å². The first-order chi connectivity index (χ1) is 8.93. The highest BCUT2D eigenvalue weighted by atomic mass is 16.5. The minimum Gasteiger partial charge on any atom is -0.496 e. The van der Waals surface area contributed by atoms with Crippen LogP contribution in [0.4, 0.5) is 0 Å². The molecular formula is C17H27NO. The van der Waals surface area contributed by atoms with Gasteiger partial charge >= 0.3 is 0 Å². The topological polar surface area (TPSA) is 35.2 Å². The lowest BCUT2D eigenvalue weighted by molar-refractivity contribution is 0.384. The van der Waals surface area contributed by atoms with Crippen LogP contribution in [-0.4, -0.2) is 7.11 Å². The lowest BCUT2D eigenvalue weighted by Crippen LogP contribution is -2.21. The zero-order chi connectivity index (χ0) is 14.0. The normalized spacial score (nSPS) is 18.6. The van der Waals surface area contributed by atoms with Crippen molar-refractivity contribution in [2.75, 3.05) is 7.11 Å². The van der Waals surface area contributed by atoms with Crippen molar-refractivity contribution in [2.24, 2.45) is 11.7 Å². The van der Waals surface area contributed by atoms with E-state index in [1.807, 2.05) is 0 Å². The van der Waals surface area contributed by atoms with Gasteiger partial charge in [0.25, 0.3) is 0 Å². The van der Waals surface area contributed by atoms with Crippen LogP contribution in [0.15, 0.2) is 18.2 Å². The molecule has 106 valence electrons. The molecule has 0 spiro atoms. The summed E-state index contributed by atoms with van der Waals surface area (Å²) in [5.41, 5.74) is 9.17. The van der Waals surface area contributed by atoms with Crippen molar-refractivity contribution in [1.29, 1.82) is 0 Å². The molecule has 19 heavy (non-hydrogen) atoms. The second-order valence-electron chi connectivity index (χ2n) is 6.78. The van der Waals surface area contributed by atoms with Gasteiger partial charge in [0.05, 0.1) is 7.11 Å². The van der Waals surface area contributed by atoms with E-state index >= 15 is 0 Å². The smallest absolute Gasteiger partial charge is 0.123 e. The lowest BCUT2D eigenvalue weighted by atomic mass is 9.83. The highest BCUT2D eigenvalue weighted by Crippen LogP contribution is 2.39. The van der Waals surface area contributed by atoms with Gasteiger partial charge in [-0.25, -0.2) is 0 Å². The van der Waals surface area contributed by atoms with Crippen molar-refractivity contribution in [2.45, 2.75) is 57.9 Å². The zero-order valence-electron chi connectivity index (χ0n) is 12.7. The first-order valence-electron chi connectivity index (χ1n) is 7.37. The van der Waals surface area contributed by atoms with Gasteiger partial charge in [0.2, 0.25) is 0 Å². The maximum atomic E-state index is 6.51. The molecule has 2 nitrogen and oxygen atoms in total. The van der Waals surface area contributed by atoms with Crippen molar-refractivity contribution in [3.63, 3.8) is 0 Å². The Bertz CT molecular complexity index is 427. The van der Waals surface area contributed by atoms with E-state index < -0.39 is 0 Å². The van der Waals surface area contributed by atoms with Crippen LogP contribution in [0.3, 0.4) is 0 Å². The Morgan fingerprint density at radius 3 is 2.37 bits per heavy atom. The molecule has 0 aliphatic heterocycles. The summed E-state index contributed by atoms with van der Waals surface area (Å²) in [4.78, 5) is 0. The van der Waals surface area contributed by atoms with E-state index in [9.17, 15) is 0 Å². The van der Waals surface area contributed by atoms with Crippen LogP contribution in [-0.2, 0) is 5.41 Å². The molecule has 2 heteroatoms. The van der Waals surface area contributed by atoms with E-state index in [1.54, 1.807) is 7.11 Å². The molecule has 0 bridgehead atoms. The van der Waals surface area contributed by atoms with Gasteiger partial charge in [0, 0.05) is 11.6 Å². The average molecular weight is 261 g/mol. The molecule has 0 radical (unpaired) electrons. The zero-order valence-corrected chi connectivity index (χ0v) is 12.7. The van der Waals surface area contributed by atoms with Gasteiger partial charge in [-0.05, 0) is 41.9 Å². The molecule has 1 unspecified atom stereocenters. The Labute approximate surface area is 117 Å². The minimum absolute atomic E-state index is 0.111. The van der Waals surface area contributed by atoms with Gasteiger partial charge in [-0.2, -0.15) is 0 Å². The summed E-state index contributed by atoms with van der Waals surface area (Å²) in [7, 11) is 1.73. The molecule has 2 rings (SSSR count). The summed E-state index contributed by atoms with van der Waals surface area (Å²) in [6, 6.07) is 6.59. The molecule has 0 amide bonds. The van der Waals surface area contributed by atoms with Crippen molar-refractivity contribution in [3.05, 3.63) is 29.3 Å². The van der Waals surface area contributed by atoms with Gasteiger partial charge in [0.1, 0.15) is 5.75 Å². The highest BCUT2D eigenvalue weighted by molar-refractivity contribution is 5.41. The third kappa shape index (κ3) is 3.11. The standard InChI is InChI=1S/C17H27NO/c1-17(2,3)13-9-10-15(19-4)14(11-13)16(18)12-7-5-6-8-12/h9-12,16H,5-8,18H2,1-4H3. The second-order valence-corrected chi connectivity index (χ2v) is 6.78. The van der Waals surface area contributed by atoms with Gasteiger partial charge in [-0.1, -0.05) is 39.7 Å². The molecule has 1 saturated carbocycles. The summed E-state index contributed by atoms with van der Waals surface area (Å²) in [6.07, 6.45) is 5.15. The van der Waals surface area contributed by atoms with E-state index in [2.05, 4.69) is 39.0 Å². The number of rotatable bonds is 3. The number of ether oxygens (including phenoxy) is 1. The Morgan fingerprint density at radius 1 is 1.21 bits per heavy atom. The molecule has 0 saturated heterocycles. The molecular weight excluding hydrogens is 234 g/mol. The van der Waals surface area contributed by atoms with Crippen molar-refractivity contribution in [1.82, 2.24) is 0 Å². The molecule has 1 atom stereocenters. The quantitative estimate of drug-likeness (QED) is 0.885. The number of nitrogens with two attached hydrogens (primary N) is 1. The Balaban J connectivity index is 2.35. The van der Waals surface area contributed by atoms with Crippen LogP contribution < -0.4 is 10.5 Å². The number of methoxy groups -OCH3 is 1. The number of benzene rings is 1. The molecule has 2 N–H and O–H groups in total.